The largest absolute Gasteiger partial charge is 0.454 e. The van der Waals surface area contributed by atoms with Crippen LogP contribution in [0.3, 0.4) is 0 Å². The Balaban J connectivity index is 1.24. The van der Waals surface area contributed by atoms with E-state index in [1.807, 2.05) is 12.1 Å². The van der Waals surface area contributed by atoms with E-state index < -0.39 is 0 Å². The lowest BCUT2D eigenvalue weighted by molar-refractivity contribution is 0.636. The molecule has 1 aliphatic carbocycles. The summed E-state index contributed by atoms with van der Waals surface area (Å²) >= 11 is 0. The van der Waals surface area contributed by atoms with Crippen LogP contribution in [0.1, 0.15) is 25.1 Å². The lowest BCUT2D eigenvalue weighted by Crippen LogP contribution is -2.17. The highest BCUT2D eigenvalue weighted by Gasteiger charge is 2.39. The minimum atomic E-state index is -0.259. The molecule has 0 aliphatic heterocycles. The van der Waals surface area contributed by atoms with Gasteiger partial charge in [0.2, 0.25) is 0 Å². The first-order chi connectivity index (χ1) is 23.1. The van der Waals surface area contributed by atoms with Crippen molar-refractivity contribution in [2.75, 3.05) is 0 Å². The summed E-state index contributed by atoms with van der Waals surface area (Å²) in [5.41, 5.74) is 12.5. The molecule has 3 aromatic heterocycles. The smallest absolute Gasteiger partial charge is 0.160 e. The summed E-state index contributed by atoms with van der Waals surface area (Å²) in [5.74, 6) is 0.722. The van der Waals surface area contributed by atoms with Gasteiger partial charge < -0.3 is 8.98 Å². The van der Waals surface area contributed by atoms with Gasteiger partial charge in [-0.15, -0.1) is 0 Å². The van der Waals surface area contributed by atoms with Crippen molar-refractivity contribution in [1.82, 2.24) is 14.5 Å². The number of benzene rings is 6. The van der Waals surface area contributed by atoms with E-state index in [1.165, 1.54) is 16.5 Å². The fourth-order valence-electron chi connectivity index (χ4n) is 7.76. The van der Waals surface area contributed by atoms with Gasteiger partial charge in [0.25, 0.3) is 0 Å². The third kappa shape index (κ3) is 3.64. The number of nitrogens with zero attached hydrogens (tertiary/aromatic N) is 3. The van der Waals surface area contributed by atoms with Crippen molar-refractivity contribution in [3.63, 3.8) is 0 Å². The molecule has 0 bridgehead atoms. The van der Waals surface area contributed by atoms with Crippen molar-refractivity contribution in [2.45, 2.75) is 19.3 Å². The maximum Gasteiger partial charge on any atom is 0.160 e. The van der Waals surface area contributed by atoms with Crippen LogP contribution in [0, 0.1) is 0 Å². The Morgan fingerprint density at radius 2 is 1.32 bits per heavy atom. The molecular formula is C43H29N3O. The molecule has 9 aromatic rings. The number of fused-ring (bicyclic) bond motifs is 10. The second kappa shape index (κ2) is 9.51. The van der Waals surface area contributed by atoms with Crippen molar-refractivity contribution in [3.8, 4) is 39.5 Å². The van der Waals surface area contributed by atoms with Crippen LogP contribution in [-0.4, -0.2) is 14.5 Å². The molecule has 1 aliphatic rings. The molecule has 0 fully saturated rings. The topological polar surface area (TPSA) is 43.9 Å². The summed E-state index contributed by atoms with van der Waals surface area (Å²) in [6, 6.07) is 49.1. The van der Waals surface area contributed by atoms with Crippen molar-refractivity contribution in [2.24, 2.45) is 0 Å². The molecule has 0 spiro atoms. The highest BCUT2D eigenvalue weighted by molar-refractivity contribution is 6.21. The summed E-state index contributed by atoms with van der Waals surface area (Å²) in [6.07, 6.45) is 0. The van der Waals surface area contributed by atoms with Gasteiger partial charge >= 0.3 is 0 Å². The predicted molar refractivity (Wildman–Crippen MR) is 192 cm³/mol. The average molecular weight is 604 g/mol. The Kier molecular flexibility index (Phi) is 5.31. The molecule has 6 aromatic carbocycles. The van der Waals surface area contributed by atoms with Gasteiger partial charge in [-0.2, -0.15) is 0 Å². The first-order valence-corrected chi connectivity index (χ1v) is 16.1. The number of para-hydroxylation sites is 2. The molecule has 10 rings (SSSR count). The SMILES string of the molecule is CC1(C)c2ccccc2-c2c(-c3ccccc3)nc(-c3cccc(-n4c5ccccc5c5ccc6c7ccccc7oc6c54)c3)nc21. The minimum absolute atomic E-state index is 0.259. The van der Waals surface area contributed by atoms with E-state index in [2.05, 4.69) is 146 Å². The van der Waals surface area contributed by atoms with Crippen LogP contribution in [0.2, 0.25) is 0 Å². The zero-order valence-electron chi connectivity index (χ0n) is 26.0. The Labute approximate surface area is 271 Å². The second-order valence-electron chi connectivity index (χ2n) is 13.0. The number of aromatic nitrogens is 3. The maximum atomic E-state index is 6.60. The molecule has 0 N–H and O–H groups in total. The van der Waals surface area contributed by atoms with Crippen LogP contribution in [0.15, 0.2) is 144 Å². The van der Waals surface area contributed by atoms with Crippen LogP contribution in [0.5, 0.6) is 0 Å². The normalized spacial score (nSPS) is 13.5. The van der Waals surface area contributed by atoms with Crippen molar-refractivity contribution < 1.29 is 4.42 Å². The van der Waals surface area contributed by atoms with Gasteiger partial charge in [-0.05, 0) is 41.5 Å². The van der Waals surface area contributed by atoms with E-state index in [-0.39, 0.29) is 5.41 Å². The zero-order valence-corrected chi connectivity index (χ0v) is 26.0. The molecule has 3 heterocycles. The summed E-state index contributed by atoms with van der Waals surface area (Å²) in [5, 5.41) is 4.59. The van der Waals surface area contributed by atoms with Gasteiger partial charge in [0.15, 0.2) is 11.4 Å². The third-order valence-corrected chi connectivity index (χ3v) is 9.96. The van der Waals surface area contributed by atoms with Crippen LogP contribution >= 0.6 is 0 Å². The van der Waals surface area contributed by atoms with Crippen LogP contribution in [0.25, 0.3) is 83.2 Å². The quantitative estimate of drug-likeness (QED) is 0.202. The van der Waals surface area contributed by atoms with Gasteiger partial charge in [-0.3, -0.25) is 0 Å². The Bertz CT molecular complexity index is 2710. The van der Waals surface area contributed by atoms with Gasteiger partial charge in [0.05, 0.1) is 22.4 Å². The van der Waals surface area contributed by atoms with E-state index in [4.69, 9.17) is 14.4 Å². The molecule has 0 saturated heterocycles. The monoisotopic (exact) mass is 603 g/mol. The lowest BCUT2D eigenvalue weighted by atomic mass is 9.85. The van der Waals surface area contributed by atoms with Gasteiger partial charge in [-0.1, -0.05) is 123 Å². The lowest BCUT2D eigenvalue weighted by Gasteiger charge is -2.21. The Hall–Kier alpha value is -6.00. The Morgan fingerprint density at radius 3 is 2.21 bits per heavy atom. The molecule has 4 nitrogen and oxygen atoms in total. The highest BCUT2D eigenvalue weighted by Crippen LogP contribution is 2.51. The summed E-state index contributed by atoms with van der Waals surface area (Å²) in [7, 11) is 0. The van der Waals surface area contributed by atoms with Crippen molar-refractivity contribution in [1.29, 1.82) is 0 Å². The fraction of sp³-hybridized carbons (Fsp3) is 0.0698. The summed E-state index contributed by atoms with van der Waals surface area (Å²) in [4.78, 5) is 10.7. The maximum absolute atomic E-state index is 6.60. The number of hydrogen-bond acceptors (Lipinski definition) is 3. The van der Waals surface area contributed by atoms with E-state index in [1.54, 1.807) is 0 Å². The van der Waals surface area contributed by atoms with E-state index in [0.29, 0.717) is 0 Å². The zero-order chi connectivity index (χ0) is 31.3. The standard InChI is InChI=1S/C43H29N3O/c1-43(2)34-20-9-6-19-33(34)37-38(26-13-4-3-5-14-26)44-42(45-41(37)43)27-15-12-16-28(25-27)46-35-21-10-7-17-29(35)31-23-24-32-30-18-8-11-22-36(30)47-40(32)39(31)46/h3-25H,1-2H3. The van der Waals surface area contributed by atoms with Crippen LogP contribution in [-0.2, 0) is 5.41 Å². The van der Waals surface area contributed by atoms with Gasteiger partial charge in [0.1, 0.15) is 5.58 Å². The predicted octanol–water partition coefficient (Wildman–Crippen LogP) is 11.1. The fourth-order valence-corrected chi connectivity index (χ4v) is 7.76. The van der Waals surface area contributed by atoms with E-state index >= 15 is 0 Å². The first kappa shape index (κ1) is 26.2. The van der Waals surface area contributed by atoms with Crippen molar-refractivity contribution in [3.05, 3.63) is 151 Å². The summed E-state index contributed by atoms with van der Waals surface area (Å²) in [6.45, 7) is 4.55. The summed E-state index contributed by atoms with van der Waals surface area (Å²) < 4.78 is 8.93. The molecular weight excluding hydrogens is 574 g/mol. The molecule has 0 atom stereocenters. The van der Waals surface area contributed by atoms with E-state index in [9.17, 15) is 0 Å². The Morgan fingerprint density at radius 1 is 0.596 bits per heavy atom. The number of rotatable bonds is 3. The number of hydrogen-bond donors (Lipinski definition) is 0. The molecule has 4 heteroatoms. The van der Waals surface area contributed by atoms with Crippen LogP contribution in [0.4, 0.5) is 0 Å². The molecule has 0 unspecified atom stereocenters. The van der Waals surface area contributed by atoms with Gasteiger partial charge in [0, 0.05) is 49.3 Å². The van der Waals surface area contributed by atoms with Gasteiger partial charge in [-0.25, -0.2) is 9.97 Å². The third-order valence-electron chi connectivity index (χ3n) is 9.96. The first-order valence-electron chi connectivity index (χ1n) is 16.1. The van der Waals surface area contributed by atoms with Crippen LogP contribution < -0.4 is 0 Å². The highest BCUT2D eigenvalue weighted by atomic mass is 16.3. The van der Waals surface area contributed by atoms with Crippen molar-refractivity contribution >= 4 is 43.7 Å². The number of furan rings is 1. The molecule has 0 amide bonds. The molecule has 0 saturated carbocycles. The van der Waals surface area contributed by atoms with E-state index in [0.717, 1.165) is 77.9 Å². The average Bonchev–Trinajstić information content (AvgIpc) is 3.74. The molecule has 222 valence electrons. The molecule has 47 heavy (non-hydrogen) atoms. The molecule has 0 radical (unpaired) electrons. The second-order valence-corrected chi connectivity index (χ2v) is 13.0. The minimum Gasteiger partial charge on any atom is -0.454 e.